The normalized spacial score (nSPS) is 11.4. The van der Waals surface area contributed by atoms with E-state index >= 15 is 0 Å². The maximum Gasteiger partial charge on any atom is 0.313 e. The number of nitrogens with zero attached hydrogens (tertiary/aromatic N) is 3. The summed E-state index contributed by atoms with van der Waals surface area (Å²) in [6.07, 6.45) is 1.02. The highest BCUT2D eigenvalue weighted by molar-refractivity contribution is 7.99. The van der Waals surface area contributed by atoms with Crippen LogP contribution in [0.5, 0.6) is 0 Å². The van der Waals surface area contributed by atoms with E-state index in [-0.39, 0.29) is 5.75 Å². The van der Waals surface area contributed by atoms with E-state index in [9.17, 15) is 4.79 Å². The van der Waals surface area contributed by atoms with Gasteiger partial charge in [-0.1, -0.05) is 25.6 Å². The Bertz CT molecular complexity index is 622. The van der Waals surface area contributed by atoms with Crippen molar-refractivity contribution in [2.45, 2.75) is 38.9 Å². The molecule has 108 valence electrons. The Labute approximate surface area is 122 Å². The van der Waals surface area contributed by atoms with Crippen LogP contribution < -0.4 is 0 Å². The second-order valence-corrected chi connectivity index (χ2v) is 6.15. The Morgan fingerprint density at radius 1 is 1.40 bits per heavy atom. The highest BCUT2D eigenvalue weighted by Gasteiger charge is 2.14. The van der Waals surface area contributed by atoms with E-state index in [1.165, 1.54) is 11.8 Å². The molecule has 2 rings (SSSR count). The zero-order valence-electron chi connectivity index (χ0n) is 12.0. The van der Waals surface area contributed by atoms with Gasteiger partial charge in [0.1, 0.15) is 5.52 Å². The highest BCUT2D eigenvalue weighted by Crippen LogP contribution is 2.24. The summed E-state index contributed by atoms with van der Waals surface area (Å²) in [5, 5.41) is 9.57. The van der Waals surface area contributed by atoms with Gasteiger partial charge in [-0.25, -0.2) is 9.97 Å². The third-order valence-corrected chi connectivity index (χ3v) is 3.91. The van der Waals surface area contributed by atoms with E-state index in [0.29, 0.717) is 5.92 Å². The van der Waals surface area contributed by atoms with E-state index in [1.54, 1.807) is 0 Å². The first-order valence-electron chi connectivity index (χ1n) is 6.66. The molecule has 0 aromatic carbocycles. The number of carbonyl (C=O) groups is 1. The molecule has 0 aliphatic carbocycles. The van der Waals surface area contributed by atoms with Crippen molar-refractivity contribution in [3.05, 3.63) is 17.8 Å². The quantitative estimate of drug-likeness (QED) is 0.829. The van der Waals surface area contributed by atoms with Gasteiger partial charge in [0.2, 0.25) is 0 Å². The van der Waals surface area contributed by atoms with Crippen LogP contribution in [0, 0.1) is 12.8 Å². The first kappa shape index (κ1) is 14.8. The molecular formula is C14H19N3O2S. The fourth-order valence-electron chi connectivity index (χ4n) is 1.90. The lowest BCUT2D eigenvalue weighted by atomic mass is 10.1. The average Bonchev–Trinajstić information content (AvgIpc) is 2.71. The minimum absolute atomic E-state index is 0.0178. The van der Waals surface area contributed by atoms with Gasteiger partial charge in [-0.3, -0.25) is 4.79 Å². The highest BCUT2D eigenvalue weighted by atomic mass is 32.2. The number of fused-ring (bicyclic) bond motifs is 1. The average molecular weight is 293 g/mol. The fraction of sp³-hybridized carbons (Fsp3) is 0.500. The molecule has 0 aliphatic rings. The van der Waals surface area contributed by atoms with Gasteiger partial charge in [0.05, 0.1) is 5.75 Å². The summed E-state index contributed by atoms with van der Waals surface area (Å²) in [4.78, 5) is 19.8. The van der Waals surface area contributed by atoms with Crippen LogP contribution in [0.2, 0.25) is 0 Å². The number of carboxylic acid groups (broad SMARTS) is 1. The summed E-state index contributed by atoms with van der Waals surface area (Å²) < 4.78 is 2.04. The van der Waals surface area contributed by atoms with Crippen molar-refractivity contribution in [2.75, 3.05) is 5.75 Å². The van der Waals surface area contributed by atoms with Crippen molar-refractivity contribution >= 4 is 28.9 Å². The number of hydrogen-bond acceptors (Lipinski definition) is 4. The van der Waals surface area contributed by atoms with Crippen molar-refractivity contribution in [1.82, 2.24) is 14.5 Å². The van der Waals surface area contributed by atoms with Crippen molar-refractivity contribution in [1.29, 1.82) is 0 Å². The largest absolute Gasteiger partial charge is 0.481 e. The molecule has 2 aromatic heterocycles. The number of aryl methyl sites for hydroxylation is 2. The van der Waals surface area contributed by atoms with Gasteiger partial charge in [-0.2, -0.15) is 0 Å². The molecule has 0 saturated heterocycles. The van der Waals surface area contributed by atoms with Crippen molar-refractivity contribution in [3.63, 3.8) is 0 Å². The molecule has 0 amide bonds. The van der Waals surface area contributed by atoms with Crippen molar-refractivity contribution in [3.8, 4) is 0 Å². The number of imidazole rings is 1. The second-order valence-electron chi connectivity index (χ2n) is 5.21. The summed E-state index contributed by atoms with van der Waals surface area (Å²) >= 11 is 1.25. The summed E-state index contributed by atoms with van der Waals surface area (Å²) in [5.74, 6) is -0.236. The van der Waals surface area contributed by atoms with Gasteiger partial charge < -0.3 is 9.67 Å². The number of thioether (sulfide) groups is 1. The SMILES string of the molecule is Cc1ccc2nc(SCC(=O)O)n(CCC(C)C)c2n1. The number of aromatic nitrogens is 3. The van der Waals surface area contributed by atoms with Gasteiger partial charge in [0, 0.05) is 12.2 Å². The van der Waals surface area contributed by atoms with Crippen LogP contribution in [0.25, 0.3) is 11.2 Å². The monoisotopic (exact) mass is 293 g/mol. The van der Waals surface area contributed by atoms with Gasteiger partial charge in [-0.15, -0.1) is 0 Å². The molecule has 2 heterocycles. The van der Waals surface area contributed by atoms with Crippen LogP contribution >= 0.6 is 11.8 Å². The van der Waals surface area contributed by atoms with Crippen LogP contribution in [0.4, 0.5) is 0 Å². The van der Waals surface area contributed by atoms with Gasteiger partial charge >= 0.3 is 5.97 Å². The number of carboxylic acids is 1. The molecule has 1 N–H and O–H groups in total. The molecule has 5 nitrogen and oxygen atoms in total. The molecule has 0 atom stereocenters. The Hall–Kier alpha value is -1.56. The third-order valence-electron chi connectivity index (χ3n) is 2.95. The number of rotatable bonds is 6. The topological polar surface area (TPSA) is 68.0 Å². The first-order chi connectivity index (χ1) is 9.47. The van der Waals surface area contributed by atoms with E-state index < -0.39 is 5.97 Å². The zero-order valence-corrected chi connectivity index (χ0v) is 12.8. The summed E-state index contributed by atoms with van der Waals surface area (Å²) in [5.41, 5.74) is 2.61. The van der Waals surface area contributed by atoms with E-state index in [4.69, 9.17) is 5.11 Å². The molecule has 20 heavy (non-hydrogen) atoms. The summed E-state index contributed by atoms with van der Waals surface area (Å²) in [6.45, 7) is 7.10. The van der Waals surface area contributed by atoms with Crippen molar-refractivity contribution < 1.29 is 9.90 Å². The predicted molar refractivity (Wildman–Crippen MR) is 80.1 cm³/mol. The third kappa shape index (κ3) is 3.50. The van der Waals surface area contributed by atoms with E-state index in [2.05, 4.69) is 23.8 Å². The minimum Gasteiger partial charge on any atom is -0.481 e. The minimum atomic E-state index is -0.832. The van der Waals surface area contributed by atoms with Crippen LogP contribution in [0.1, 0.15) is 26.0 Å². The molecule has 0 unspecified atom stereocenters. The predicted octanol–water partition coefficient (Wildman–Crippen LogP) is 2.96. The van der Waals surface area contributed by atoms with Crippen molar-refractivity contribution in [2.24, 2.45) is 5.92 Å². The van der Waals surface area contributed by atoms with E-state index in [0.717, 1.165) is 35.0 Å². The second kappa shape index (κ2) is 6.26. The smallest absolute Gasteiger partial charge is 0.313 e. The fourth-order valence-corrected chi connectivity index (χ4v) is 2.65. The zero-order chi connectivity index (χ0) is 14.7. The maximum atomic E-state index is 10.7. The van der Waals surface area contributed by atoms with Crippen LogP contribution in [-0.4, -0.2) is 31.4 Å². The number of aliphatic carboxylic acids is 1. The molecular weight excluding hydrogens is 274 g/mol. The summed E-state index contributed by atoms with van der Waals surface area (Å²) in [7, 11) is 0. The lowest BCUT2D eigenvalue weighted by Gasteiger charge is -2.09. The van der Waals surface area contributed by atoms with Gasteiger partial charge in [-0.05, 0) is 31.4 Å². The van der Waals surface area contributed by atoms with Gasteiger partial charge in [0.15, 0.2) is 10.8 Å². The number of pyridine rings is 1. The molecule has 0 bridgehead atoms. The Morgan fingerprint density at radius 2 is 2.15 bits per heavy atom. The Balaban J connectivity index is 2.37. The molecule has 0 aliphatic heterocycles. The summed E-state index contributed by atoms with van der Waals surface area (Å²) in [6, 6.07) is 3.86. The first-order valence-corrected chi connectivity index (χ1v) is 7.64. The molecule has 0 fully saturated rings. The Morgan fingerprint density at radius 3 is 2.80 bits per heavy atom. The molecule has 0 spiro atoms. The van der Waals surface area contributed by atoms with Gasteiger partial charge in [0.25, 0.3) is 0 Å². The lowest BCUT2D eigenvalue weighted by Crippen LogP contribution is -2.06. The van der Waals surface area contributed by atoms with Crippen LogP contribution in [-0.2, 0) is 11.3 Å². The molecule has 0 saturated carbocycles. The van der Waals surface area contributed by atoms with Crippen LogP contribution in [0.3, 0.4) is 0 Å². The van der Waals surface area contributed by atoms with E-state index in [1.807, 2.05) is 23.6 Å². The maximum absolute atomic E-state index is 10.7. The lowest BCUT2D eigenvalue weighted by molar-refractivity contribution is -0.133. The van der Waals surface area contributed by atoms with Crippen LogP contribution in [0.15, 0.2) is 17.3 Å². The molecule has 2 aromatic rings. The Kier molecular flexibility index (Phi) is 4.65. The number of hydrogen-bond donors (Lipinski definition) is 1. The molecule has 6 heteroatoms. The molecule has 0 radical (unpaired) electrons. The standard InChI is InChI=1S/C14H19N3O2S/c1-9(2)6-7-17-13-11(5-4-10(3)15-13)16-14(17)20-8-12(18)19/h4-5,9H,6-8H2,1-3H3,(H,18,19).